The maximum atomic E-state index is 5.91. The topological polar surface area (TPSA) is 43.0 Å². The number of aromatic nitrogens is 2. The Kier molecular flexibility index (Phi) is 3.48. The highest BCUT2D eigenvalue weighted by Crippen LogP contribution is 2.26. The van der Waals surface area contributed by atoms with E-state index in [2.05, 4.69) is 10.3 Å². The zero-order valence-corrected chi connectivity index (χ0v) is 11.7. The van der Waals surface area contributed by atoms with Gasteiger partial charge in [-0.25, -0.2) is 4.98 Å². The smallest absolute Gasteiger partial charge is 0.143 e. The first-order valence-electron chi connectivity index (χ1n) is 6.27. The first-order valence-corrected chi connectivity index (χ1v) is 6.64. The quantitative estimate of drug-likeness (QED) is 0.792. The minimum Gasteiger partial charge on any atom is -0.467 e. The van der Waals surface area contributed by atoms with Crippen LogP contribution in [0.1, 0.15) is 17.6 Å². The van der Waals surface area contributed by atoms with Crippen molar-refractivity contribution in [2.45, 2.75) is 6.04 Å². The summed E-state index contributed by atoms with van der Waals surface area (Å²) in [5.41, 5.74) is 0.957. The van der Waals surface area contributed by atoms with Crippen molar-refractivity contribution >= 4 is 17.3 Å². The van der Waals surface area contributed by atoms with Crippen molar-refractivity contribution in [3.05, 3.63) is 71.7 Å². The van der Waals surface area contributed by atoms with Gasteiger partial charge in [-0.1, -0.05) is 11.6 Å². The van der Waals surface area contributed by atoms with E-state index in [1.54, 1.807) is 12.5 Å². The average Bonchev–Trinajstić information content (AvgIpc) is 3.10. The average molecular weight is 288 g/mol. The summed E-state index contributed by atoms with van der Waals surface area (Å²) in [5.74, 6) is 1.70. The molecule has 2 heterocycles. The normalized spacial score (nSPS) is 12.3. The number of nitrogens with one attached hydrogen (secondary N) is 1. The Morgan fingerprint density at radius 2 is 2.05 bits per heavy atom. The van der Waals surface area contributed by atoms with E-state index in [9.17, 15) is 0 Å². The van der Waals surface area contributed by atoms with Gasteiger partial charge < -0.3 is 14.3 Å². The summed E-state index contributed by atoms with van der Waals surface area (Å²) in [7, 11) is 1.96. The molecule has 1 atom stereocenters. The number of aryl methyl sites for hydroxylation is 1. The second-order valence-electron chi connectivity index (χ2n) is 4.50. The van der Waals surface area contributed by atoms with Gasteiger partial charge in [-0.05, 0) is 36.4 Å². The molecule has 0 spiro atoms. The van der Waals surface area contributed by atoms with E-state index in [0.717, 1.165) is 17.3 Å². The first kappa shape index (κ1) is 12.8. The molecule has 0 saturated heterocycles. The van der Waals surface area contributed by atoms with Gasteiger partial charge in [0.25, 0.3) is 0 Å². The highest BCUT2D eigenvalue weighted by atomic mass is 35.5. The number of nitrogens with zero attached hydrogens (tertiary/aromatic N) is 2. The van der Waals surface area contributed by atoms with Crippen LogP contribution in [-0.4, -0.2) is 9.55 Å². The van der Waals surface area contributed by atoms with Crippen molar-refractivity contribution in [1.29, 1.82) is 0 Å². The summed E-state index contributed by atoms with van der Waals surface area (Å²) >= 11 is 5.91. The lowest BCUT2D eigenvalue weighted by Gasteiger charge is -2.17. The number of imidazole rings is 1. The molecular weight excluding hydrogens is 274 g/mol. The Balaban J connectivity index is 1.94. The fourth-order valence-corrected chi connectivity index (χ4v) is 2.21. The van der Waals surface area contributed by atoms with E-state index in [-0.39, 0.29) is 6.04 Å². The van der Waals surface area contributed by atoms with Crippen molar-refractivity contribution in [3.8, 4) is 0 Å². The van der Waals surface area contributed by atoms with Gasteiger partial charge in [0.2, 0.25) is 0 Å². The number of rotatable bonds is 4. The molecule has 3 rings (SSSR count). The van der Waals surface area contributed by atoms with Crippen LogP contribution in [0, 0.1) is 0 Å². The molecular formula is C15H14ClN3O. The van der Waals surface area contributed by atoms with E-state index < -0.39 is 0 Å². The molecule has 3 aromatic rings. The molecule has 5 heteroatoms. The van der Waals surface area contributed by atoms with Crippen molar-refractivity contribution in [1.82, 2.24) is 9.55 Å². The summed E-state index contributed by atoms with van der Waals surface area (Å²) in [6.45, 7) is 0. The Bertz CT molecular complexity index is 673. The molecule has 0 aliphatic rings. The van der Waals surface area contributed by atoms with Crippen LogP contribution in [0.2, 0.25) is 5.02 Å². The maximum Gasteiger partial charge on any atom is 0.143 e. The lowest BCUT2D eigenvalue weighted by Crippen LogP contribution is -2.16. The van der Waals surface area contributed by atoms with Gasteiger partial charge in [0.1, 0.15) is 17.6 Å². The molecule has 2 aromatic heterocycles. The van der Waals surface area contributed by atoms with Gasteiger partial charge in [0.05, 0.1) is 6.26 Å². The number of benzene rings is 1. The third-order valence-electron chi connectivity index (χ3n) is 3.10. The number of hydrogen-bond donors (Lipinski definition) is 1. The lowest BCUT2D eigenvalue weighted by atomic mass is 10.2. The van der Waals surface area contributed by atoms with E-state index in [0.29, 0.717) is 5.02 Å². The molecule has 4 nitrogen and oxygen atoms in total. The Labute approximate surface area is 122 Å². The molecule has 0 fully saturated rings. The summed E-state index contributed by atoms with van der Waals surface area (Å²) in [6.07, 6.45) is 5.35. The van der Waals surface area contributed by atoms with Gasteiger partial charge in [0.15, 0.2) is 0 Å². The first-order chi connectivity index (χ1) is 9.74. The van der Waals surface area contributed by atoms with Crippen LogP contribution in [0.3, 0.4) is 0 Å². The molecule has 0 radical (unpaired) electrons. The van der Waals surface area contributed by atoms with E-state index in [1.165, 1.54) is 0 Å². The summed E-state index contributed by atoms with van der Waals surface area (Å²) in [5, 5.41) is 4.13. The molecule has 0 aliphatic carbocycles. The monoisotopic (exact) mass is 287 g/mol. The van der Waals surface area contributed by atoms with Crippen LogP contribution >= 0.6 is 11.6 Å². The molecule has 0 bridgehead atoms. The predicted molar refractivity (Wildman–Crippen MR) is 78.8 cm³/mol. The molecule has 0 amide bonds. The Morgan fingerprint density at radius 1 is 1.25 bits per heavy atom. The molecule has 1 aromatic carbocycles. The molecule has 0 aliphatic heterocycles. The zero-order chi connectivity index (χ0) is 13.9. The van der Waals surface area contributed by atoms with E-state index in [4.69, 9.17) is 16.0 Å². The van der Waals surface area contributed by atoms with E-state index >= 15 is 0 Å². The highest BCUT2D eigenvalue weighted by molar-refractivity contribution is 6.30. The van der Waals surface area contributed by atoms with Crippen LogP contribution in [-0.2, 0) is 7.05 Å². The predicted octanol–water partition coefficient (Wildman–Crippen LogP) is 3.87. The molecule has 1 unspecified atom stereocenters. The van der Waals surface area contributed by atoms with E-state index in [1.807, 2.05) is 54.2 Å². The van der Waals surface area contributed by atoms with Gasteiger partial charge in [-0.2, -0.15) is 0 Å². The highest BCUT2D eigenvalue weighted by Gasteiger charge is 2.20. The third kappa shape index (κ3) is 2.56. The summed E-state index contributed by atoms with van der Waals surface area (Å²) in [4.78, 5) is 4.40. The van der Waals surface area contributed by atoms with Gasteiger partial charge in [0, 0.05) is 30.2 Å². The van der Waals surface area contributed by atoms with Crippen molar-refractivity contribution in [2.75, 3.05) is 5.32 Å². The van der Waals surface area contributed by atoms with Crippen LogP contribution in [0.25, 0.3) is 0 Å². The third-order valence-corrected chi connectivity index (χ3v) is 3.35. The van der Waals surface area contributed by atoms with Crippen molar-refractivity contribution in [3.63, 3.8) is 0 Å². The second-order valence-corrected chi connectivity index (χ2v) is 4.93. The summed E-state index contributed by atoms with van der Waals surface area (Å²) in [6, 6.07) is 11.2. The van der Waals surface area contributed by atoms with Crippen molar-refractivity contribution in [2.24, 2.45) is 7.05 Å². The SMILES string of the molecule is Cn1ccnc1C(Nc1ccc(Cl)cc1)c1ccco1. The van der Waals surface area contributed by atoms with Gasteiger partial charge >= 0.3 is 0 Å². The minimum atomic E-state index is -0.147. The van der Waals surface area contributed by atoms with Crippen LogP contribution in [0.4, 0.5) is 5.69 Å². The Morgan fingerprint density at radius 3 is 2.65 bits per heavy atom. The number of hydrogen-bond acceptors (Lipinski definition) is 3. The lowest BCUT2D eigenvalue weighted by molar-refractivity contribution is 0.488. The fraction of sp³-hybridized carbons (Fsp3) is 0.133. The fourth-order valence-electron chi connectivity index (χ4n) is 2.09. The summed E-state index contributed by atoms with van der Waals surface area (Å²) < 4.78 is 7.50. The Hall–Kier alpha value is -2.20. The van der Waals surface area contributed by atoms with Gasteiger partial charge in [-0.3, -0.25) is 0 Å². The maximum absolute atomic E-state index is 5.91. The standard InChI is InChI=1S/C15H14ClN3O/c1-19-9-8-17-15(19)14(13-3-2-10-20-13)18-12-6-4-11(16)5-7-12/h2-10,14,18H,1H3. The zero-order valence-electron chi connectivity index (χ0n) is 11.0. The van der Waals surface area contributed by atoms with Crippen LogP contribution < -0.4 is 5.32 Å². The minimum absolute atomic E-state index is 0.147. The molecule has 20 heavy (non-hydrogen) atoms. The second kappa shape index (κ2) is 5.43. The van der Waals surface area contributed by atoms with Gasteiger partial charge in [-0.15, -0.1) is 0 Å². The molecule has 102 valence electrons. The number of halogens is 1. The molecule has 0 saturated carbocycles. The number of furan rings is 1. The largest absolute Gasteiger partial charge is 0.467 e. The van der Waals surface area contributed by atoms with Crippen molar-refractivity contribution < 1.29 is 4.42 Å². The number of anilines is 1. The van der Waals surface area contributed by atoms with Crippen LogP contribution in [0.15, 0.2) is 59.5 Å². The molecule has 1 N–H and O–H groups in total. The van der Waals surface area contributed by atoms with Crippen LogP contribution in [0.5, 0.6) is 0 Å².